The number of aryl methyl sites for hydroxylation is 1. The molecule has 1 aromatic carbocycles. The third-order valence-corrected chi connectivity index (χ3v) is 3.15. The van der Waals surface area contributed by atoms with E-state index in [9.17, 15) is 4.79 Å². The third-order valence-electron chi connectivity index (χ3n) is 3.15. The van der Waals surface area contributed by atoms with Gasteiger partial charge in [0, 0.05) is 0 Å². The predicted molar refractivity (Wildman–Crippen MR) is 70.5 cm³/mol. The minimum atomic E-state index is -0.739. The highest BCUT2D eigenvalue weighted by molar-refractivity contribution is 5.68. The second kappa shape index (κ2) is 4.91. The Balaban J connectivity index is 3.02. The number of rotatable bonds is 3. The maximum Gasteiger partial charge on any atom is 0.303 e. The van der Waals surface area contributed by atoms with Gasteiger partial charge in [-0.3, -0.25) is 4.79 Å². The molecule has 1 atom stereocenters. The molecule has 0 bridgehead atoms. The lowest BCUT2D eigenvalue weighted by Crippen LogP contribution is -2.12. The third kappa shape index (κ3) is 3.58. The number of benzene rings is 1. The van der Waals surface area contributed by atoms with Crippen LogP contribution in [0, 0.1) is 6.92 Å². The molecule has 1 rings (SSSR count). The van der Waals surface area contributed by atoms with Gasteiger partial charge in [0.1, 0.15) is 0 Å². The molecule has 1 unspecified atom stereocenters. The van der Waals surface area contributed by atoms with Crippen LogP contribution in [0.15, 0.2) is 18.2 Å². The van der Waals surface area contributed by atoms with E-state index >= 15 is 0 Å². The minimum absolute atomic E-state index is 0.0709. The molecule has 0 aliphatic heterocycles. The van der Waals surface area contributed by atoms with Gasteiger partial charge in [-0.25, -0.2) is 0 Å². The van der Waals surface area contributed by atoms with Gasteiger partial charge in [-0.15, -0.1) is 0 Å². The maximum absolute atomic E-state index is 10.7. The lowest BCUT2D eigenvalue weighted by Gasteiger charge is -2.22. The summed E-state index contributed by atoms with van der Waals surface area (Å²) in [4.78, 5) is 10.7. The van der Waals surface area contributed by atoms with Crippen molar-refractivity contribution in [1.82, 2.24) is 0 Å². The van der Waals surface area contributed by atoms with Gasteiger partial charge in [-0.1, -0.05) is 45.9 Å². The van der Waals surface area contributed by atoms with Crippen molar-refractivity contribution in [2.24, 2.45) is 0 Å². The zero-order chi connectivity index (χ0) is 13.2. The van der Waals surface area contributed by atoms with Crippen molar-refractivity contribution >= 4 is 5.97 Å². The lowest BCUT2D eigenvalue weighted by molar-refractivity contribution is -0.137. The van der Waals surface area contributed by atoms with Crippen LogP contribution in [0.5, 0.6) is 0 Å². The number of carbonyl (C=O) groups is 1. The molecule has 0 fully saturated rings. The lowest BCUT2D eigenvalue weighted by atomic mass is 9.83. The summed E-state index contributed by atoms with van der Waals surface area (Å²) in [6.45, 7) is 10.6. The molecule has 1 N–H and O–H groups in total. The van der Waals surface area contributed by atoms with Crippen molar-refractivity contribution < 1.29 is 9.90 Å². The molecule has 0 heterocycles. The molecular weight excluding hydrogens is 212 g/mol. The molecule has 0 aliphatic carbocycles. The molecule has 0 aliphatic rings. The van der Waals surface area contributed by atoms with E-state index in [2.05, 4.69) is 45.9 Å². The van der Waals surface area contributed by atoms with Gasteiger partial charge in [0.2, 0.25) is 0 Å². The van der Waals surface area contributed by atoms with E-state index in [1.807, 2.05) is 6.92 Å². The van der Waals surface area contributed by atoms with Crippen LogP contribution in [0.3, 0.4) is 0 Å². The quantitative estimate of drug-likeness (QED) is 0.862. The molecule has 0 saturated carbocycles. The summed E-state index contributed by atoms with van der Waals surface area (Å²) in [6, 6.07) is 6.36. The van der Waals surface area contributed by atoms with Crippen molar-refractivity contribution in [3.05, 3.63) is 34.9 Å². The van der Waals surface area contributed by atoms with E-state index < -0.39 is 5.97 Å². The first-order chi connectivity index (χ1) is 7.71. The van der Waals surface area contributed by atoms with Crippen LogP contribution in [-0.2, 0) is 10.2 Å². The Labute approximate surface area is 104 Å². The van der Waals surface area contributed by atoms with Crippen LogP contribution in [0.1, 0.15) is 56.7 Å². The van der Waals surface area contributed by atoms with E-state index in [4.69, 9.17) is 5.11 Å². The summed E-state index contributed by atoms with van der Waals surface area (Å²) in [5.41, 5.74) is 3.76. The van der Waals surface area contributed by atoms with Crippen molar-refractivity contribution in [3.8, 4) is 0 Å². The predicted octanol–water partition coefficient (Wildman–Crippen LogP) is 3.87. The molecule has 0 aromatic heterocycles. The first-order valence-corrected chi connectivity index (χ1v) is 6.04. The Hall–Kier alpha value is -1.31. The molecule has 2 nitrogen and oxygen atoms in total. The van der Waals surface area contributed by atoms with Crippen molar-refractivity contribution in [2.75, 3.05) is 0 Å². The second-order valence-corrected chi connectivity index (χ2v) is 5.82. The van der Waals surface area contributed by atoms with Gasteiger partial charge < -0.3 is 5.11 Å². The van der Waals surface area contributed by atoms with Crippen LogP contribution in [-0.4, -0.2) is 11.1 Å². The fourth-order valence-corrected chi connectivity index (χ4v) is 2.07. The fraction of sp³-hybridized carbons (Fsp3) is 0.533. The van der Waals surface area contributed by atoms with E-state index in [1.165, 1.54) is 11.1 Å². The number of carboxylic acids is 1. The van der Waals surface area contributed by atoms with E-state index in [1.54, 1.807) is 0 Å². The summed E-state index contributed by atoms with van der Waals surface area (Å²) < 4.78 is 0. The average molecular weight is 234 g/mol. The Morgan fingerprint density at radius 1 is 1.35 bits per heavy atom. The highest BCUT2D eigenvalue weighted by atomic mass is 16.4. The highest BCUT2D eigenvalue weighted by Gasteiger charge is 2.17. The SMILES string of the molecule is Cc1cc(C(C)(C)C)ccc1C(C)CC(=O)O. The first-order valence-electron chi connectivity index (χ1n) is 6.04. The number of hydrogen-bond acceptors (Lipinski definition) is 1. The van der Waals surface area contributed by atoms with Crippen LogP contribution in [0.25, 0.3) is 0 Å². The molecule has 1 aromatic rings. The van der Waals surface area contributed by atoms with Gasteiger partial charge in [-0.05, 0) is 34.9 Å². The van der Waals surface area contributed by atoms with Crippen LogP contribution in [0.2, 0.25) is 0 Å². The normalized spacial score (nSPS) is 13.5. The Bertz CT molecular complexity index is 413. The topological polar surface area (TPSA) is 37.3 Å². The zero-order valence-electron chi connectivity index (χ0n) is 11.4. The zero-order valence-corrected chi connectivity index (χ0v) is 11.4. The summed E-state index contributed by atoms with van der Waals surface area (Å²) in [5, 5.41) is 8.82. The minimum Gasteiger partial charge on any atom is -0.481 e. The molecule has 0 amide bonds. The summed E-state index contributed by atoms with van der Waals surface area (Å²) in [7, 11) is 0. The Morgan fingerprint density at radius 3 is 2.35 bits per heavy atom. The standard InChI is InChI=1S/C15H22O2/c1-10-8-12(15(3,4)5)6-7-13(10)11(2)9-14(16)17/h6-8,11H,9H2,1-5H3,(H,16,17). The Morgan fingerprint density at radius 2 is 1.94 bits per heavy atom. The van der Waals surface area contributed by atoms with Gasteiger partial charge >= 0.3 is 5.97 Å². The summed E-state index contributed by atoms with van der Waals surface area (Å²) >= 11 is 0. The molecule has 0 radical (unpaired) electrons. The second-order valence-electron chi connectivity index (χ2n) is 5.82. The van der Waals surface area contributed by atoms with E-state index in [0.29, 0.717) is 0 Å². The van der Waals surface area contributed by atoms with Crippen LogP contribution in [0.4, 0.5) is 0 Å². The van der Waals surface area contributed by atoms with Gasteiger partial charge in [0.05, 0.1) is 6.42 Å². The highest BCUT2D eigenvalue weighted by Crippen LogP contribution is 2.28. The fourth-order valence-electron chi connectivity index (χ4n) is 2.07. The van der Waals surface area contributed by atoms with Crippen molar-refractivity contribution in [2.45, 2.75) is 52.4 Å². The summed E-state index contributed by atoms with van der Waals surface area (Å²) in [5.74, 6) is -0.668. The molecule has 2 heteroatoms. The van der Waals surface area contributed by atoms with Crippen LogP contribution < -0.4 is 0 Å². The van der Waals surface area contributed by atoms with Gasteiger partial charge in [-0.2, -0.15) is 0 Å². The average Bonchev–Trinajstić information content (AvgIpc) is 2.14. The maximum atomic E-state index is 10.7. The van der Waals surface area contributed by atoms with E-state index in [0.717, 1.165) is 5.56 Å². The van der Waals surface area contributed by atoms with Gasteiger partial charge in [0.25, 0.3) is 0 Å². The first kappa shape index (κ1) is 13.8. The molecular formula is C15H22O2. The largest absolute Gasteiger partial charge is 0.481 e. The van der Waals surface area contributed by atoms with Gasteiger partial charge in [0.15, 0.2) is 0 Å². The Kier molecular flexibility index (Phi) is 3.97. The summed E-state index contributed by atoms with van der Waals surface area (Å²) in [6.07, 6.45) is 0.190. The van der Waals surface area contributed by atoms with E-state index in [-0.39, 0.29) is 17.8 Å². The monoisotopic (exact) mass is 234 g/mol. The molecule has 94 valence electrons. The number of aliphatic carboxylic acids is 1. The number of hydrogen-bond donors (Lipinski definition) is 1. The van der Waals surface area contributed by atoms with Crippen molar-refractivity contribution in [3.63, 3.8) is 0 Å². The smallest absolute Gasteiger partial charge is 0.303 e. The molecule has 0 saturated heterocycles. The molecule has 0 spiro atoms. The molecule has 17 heavy (non-hydrogen) atoms. The van der Waals surface area contributed by atoms with Crippen molar-refractivity contribution in [1.29, 1.82) is 0 Å². The van der Waals surface area contributed by atoms with Crippen LogP contribution >= 0.6 is 0 Å². The number of carboxylic acid groups (broad SMARTS) is 1.